The smallest absolute Gasteiger partial charge is 0.119 e. The van der Waals surface area contributed by atoms with Crippen molar-refractivity contribution >= 4 is 5.69 Å². The van der Waals surface area contributed by atoms with E-state index in [1.807, 2.05) is 6.07 Å². The number of benzene rings is 2. The molecule has 0 bridgehead atoms. The molecule has 0 amide bonds. The first kappa shape index (κ1) is 10.2. The molecule has 0 saturated carbocycles. The molecule has 17 heavy (non-hydrogen) atoms. The first-order valence-corrected chi connectivity index (χ1v) is 5.85. The van der Waals surface area contributed by atoms with Gasteiger partial charge >= 0.3 is 0 Å². The molecular formula is C15H15NO. The molecule has 2 aromatic carbocycles. The van der Waals surface area contributed by atoms with Gasteiger partial charge < -0.3 is 10.1 Å². The second kappa shape index (κ2) is 4.13. The molecule has 2 heteroatoms. The van der Waals surface area contributed by atoms with Crippen LogP contribution in [-0.4, -0.2) is 7.11 Å². The number of fused-ring (bicyclic) bond motifs is 1. The summed E-state index contributed by atoms with van der Waals surface area (Å²) < 4.78 is 5.25. The highest BCUT2D eigenvalue weighted by Crippen LogP contribution is 2.35. The second-order valence-corrected chi connectivity index (χ2v) is 4.33. The standard InChI is InChI=1S/C15H15NO/c1-17-13-7-8-14-12(9-13)10-15(16-14)11-5-3-2-4-6-11/h2-9,15-16H,10H2,1H3. The molecule has 0 saturated heterocycles. The minimum atomic E-state index is 0.387. The Labute approximate surface area is 101 Å². The Kier molecular flexibility index (Phi) is 2.48. The molecule has 1 unspecified atom stereocenters. The lowest BCUT2D eigenvalue weighted by molar-refractivity contribution is 0.414. The largest absolute Gasteiger partial charge is 0.497 e. The van der Waals surface area contributed by atoms with Crippen LogP contribution in [0.5, 0.6) is 5.75 Å². The van der Waals surface area contributed by atoms with E-state index in [0.29, 0.717) is 6.04 Å². The van der Waals surface area contributed by atoms with Gasteiger partial charge in [-0.2, -0.15) is 0 Å². The lowest BCUT2D eigenvalue weighted by Gasteiger charge is -2.10. The summed E-state index contributed by atoms with van der Waals surface area (Å²) in [6.07, 6.45) is 1.02. The Morgan fingerprint density at radius 2 is 1.94 bits per heavy atom. The van der Waals surface area contributed by atoms with E-state index >= 15 is 0 Å². The predicted octanol–water partition coefficient (Wildman–Crippen LogP) is 3.40. The lowest BCUT2D eigenvalue weighted by Crippen LogP contribution is -2.04. The van der Waals surface area contributed by atoms with Crippen LogP contribution < -0.4 is 10.1 Å². The van der Waals surface area contributed by atoms with Crippen LogP contribution in [0.4, 0.5) is 5.69 Å². The molecule has 0 aromatic heterocycles. The Balaban J connectivity index is 1.88. The molecule has 2 aromatic rings. The molecule has 0 spiro atoms. The summed E-state index contributed by atoms with van der Waals surface area (Å²) in [4.78, 5) is 0. The van der Waals surface area contributed by atoms with Crippen LogP contribution in [0.2, 0.25) is 0 Å². The average molecular weight is 225 g/mol. The highest BCUT2D eigenvalue weighted by Gasteiger charge is 2.21. The topological polar surface area (TPSA) is 21.3 Å². The zero-order valence-electron chi connectivity index (χ0n) is 9.81. The maximum absolute atomic E-state index is 5.25. The first-order chi connectivity index (χ1) is 8.36. The van der Waals surface area contributed by atoms with Crippen LogP contribution in [0.25, 0.3) is 0 Å². The van der Waals surface area contributed by atoms with E-state index in [-0.39, 0.29) is 0 Å². The van der Waals surface area contributed by atoms with E-state index in [2.05, 4.69) is 47.8 Å². The van der Waals surface area contributed by atoms with Crippen LogP contribution in [0.3, 0.4) is 0 Å². The molecule has 1 atom stereocenters. The highest BCUT2D eigenvalue weighted by atomic mass is 16.5. The van der Waals surface area contributed by atoms with Gasteiger partial charge in [-0.3, -0.25) is 0 Å². The third kappa shape index (κ3) is 1.86. The predicted molar refractivity (Wildman–Crippen MR) is 69.5 cm³/mol. The maximum atomic E-state index is 5.25. The molecule has 1 aliphatic heterocycles. The molecule has 2 nitrogen and oxygen atoms in total. The van der Waals surface area contributed by atoms with E-state index in [1.54, 1.807) is 7.11 Å². The van der Waals surface area contributed by atoms with Gasteiger partial charge in [-0.05, 0) is 35.7 Å². The highest BCUT2D eigenvalue weighted by molar-refractivity contribution is 5.60. The SMILES string of the molecule is COc1ccc2c(c1)CC(c1ccccc1)N2. The Morgan fingerprint density at radius 1 is 1.12 bits per heavy atom. The van der Waals surface area contributed by atoms with Crippen molar-refractivity contribution < 1.29 is 4.74 Å². The summed E-state index contributed by atoms with van der Waals surface area (Å²) in [6.45, 7) is 0. The number of hydrogen-bond acceptors (Lipinski definition) is 2. The Bertz CT molecular complexity index is 522. The summed E-state index contributed by atoms with van der Waals surface area (Å²) in [5.74, 6) is 0.930. The quantitative estimate of drug-likeness (QED) is 0.845. The minimum Gasteiger partial charge on any atom is -0.497 e. The van der Waals surface area contributed by atoms with Gasteiger partial charge in [0.2, 0.25) is 0 Å². The van der Waals surface area contributed by atoms with E-state index in [0.717, 1.165) is 12.2 Å². The lowest BCUT2D eigenvalue weighted by atomic mass is 10.0. The van der Waals surface area contributed by atoms with Crippen LogP contribution in [0, 0.1) is 0 Å². The number of nitrogens with one attached hydrogen (secondary N) is 1. The van der Waals surface area contributed by atoms with Crippen molar-refractivity contribution in [3.63, 3.8) is 0 Å². The molecule has 0 aliphatic carbocycles. The van der Waals surface area contributed by atoms with Crippen molar-refractivity contribution in [2.75, 3.05) is 12.4 Å². The van der Waals surface area contributed by atoms with Crippen LogP contribution in [0.1, 0.15) is 17.2 Å². The van der Waals surface area contributed by atoms with Crippen LogP contribution >= 0.6 is 0 Å². The number of methoxy groups -OCH3 is 1. The summed E-state index contributed by atoms with van der Waals surface area (Å²) in [5, 5.41) is 3.55. The molecule has 3 rings (SSSR count). The molecule has 0 fully saturated rings. The number of anilines is 1. The van der Waals surface area contributed by atoms with Gasteiger partial charge in [0.25, 0.3) is 0 Å². The minimum absolute atomic E-state index is 0.387. The van der Waals surface area contributed by atoms with Gasteiger partial charge in [0.1, 0.15) is 5.75 Å². The molecule has 86 valence electrons. The summed E-state index contributed by atoms with van der Waals surface area (Å²) >= 11 is 0. The van der Waals surface area contributed by atoms with Gasteiger partial charge in [0.15, 0.2) is 0 Å². The third-order valence-electron chi connectivity index (χ3n) is 3.27. The third-order valence-corrected chi connectivity index (χ3v) is 3.27. The number of rotatable bonds is 2. The van der Waals surface area contributed by atoms with Crippen molar-refractivity contribution in [2.45, 2.75) is 12.5 Å². The van der Waals surface area contributed by atoms with Crippen LogP contribution in [-0.2, 0) is 6.42 Å². The van der Waals surface area contributed by atoms with Gasteiger partial charge in [-0.15, -0.1) is 0 Å². The number of ether oxygens (including phenoxy) is 1. The van der Waals surface area contributed by atoms with Crippen LogP contribution in [0.15, 0.2) is 48.5 Å². The summed E-state index contributed by atoms with van der Waals surface area (Å²) in [5.41, 5.74) is 3.89. The first-order valence-electron chi connectivity index (χ1n) is 5.85. The van der Waals surface area contributed by atoms with E-state index in [9.17, 15) is 0 Å². The molecule has 1 aliphatic rings. The van der Waals surface area contributed by atoms with E-state index in [1.165, 1.54) is 16.8 Å². The Hall–Kier alpha value is -1.96. The fraction of sp³-hybridized carbons (Fsp3) is 0.200. The Morgan fingerprint density at radius 3 is 2.71 bits per heavy atom. The second-order valence-electron chi connectivity index (χ2n) is 4.33. The molecule has 1 N–H and O–H groups in total. The van der Waals surface area contributed by atoms with E-state index < -0.39 is 0 Å². The monoisotopic (exact) mass is 225 g/mol. The zero-order valence-corrected chi connectivity index (χ0v) is 9.81. The van der Waals surface area contributed by atoms with Crippen molar-refractivity contribution in [1.82, 2.24) is 0 Å². The average Bonchev–Trinajstić information content (AvgIpc) is 2.82. The summed E-state index contributed by atoms with van der Waals surface area (Å²) in [6, 6.07) is 17.2. The van der Waals surface area contributed by atoms with Gasteiger partial charge in [-0.1, -0.05) is 30.3 Å². The maximum Gasteiger partial charge on any atom is 0.119 e. The summed E-state index contributed by atoms with van der Waals surface area (Å²) in [7, 11) is 1.71. The van der Waals surface area contributed by atoms with Gasteiger partial charge in [0.05, 0.1) is 13.2 Å². The molecular weight excluding hydrogens is 210 g/mol. The van der Waals surface area contributed by atoms with Gasteiger partial charge in [0, 0.05) is 5.69 Å². The zero-order chi connectivity index (χ0) is 11.7. The fourth-order valence-electron chi connectivity index (χ4n) is 2.35. The normalized spacial score (nSPS) is 17.4. The molecule has 1 heterocycles. The van der Waals surface area contributed by atoms with E-state index in [4.69, 9.17) is 4.74 Å². The van der Waals surface area contributed by atoms with Crippen molar-refractivity contribution in [3.8, 4) is 5.75 Å². The van der Waals surface area contributed by atoms with Crippen molar-refractivity contribution in [3.05, 3.63) is 59.7 Å². The fourth-order valence-corrected chi connectivity index (χ4v) is 2.35. The number of hydrogen-bond donors (Lipinski definition) is 1. The van der Waals surface area contributed by atoms with Crippen molar-refractivity contribution in [2.24, 2.45) is 0 Å². The van der Waals surface area contributed by atoms with Gasteiger partial charge in [-0.25, -0.2) is 0 Å². The van der Waals surface area contributed by atoms with Crippen molar-refractivity contribution in [1.29, 1.82) is 0 Å². The molecule has 0 radical (unpaired) electrons.